The van der Waals surface area contributed by atoms with E-state index in [0.29, 0.717) is 16.8 Å². The Morgan fingerprint density at radius 3 is 2.29 bits per heavy atom. The molecule has 0 bridgehead atoms. The van der Waals surface area contributed by atoms with E-state index in [9.17, 15) is 9.59 Å². The number of carbonyl (C=O) groups is 2. The summed E-state index contributed by atoms with van der Waals surface area (Å²) in [6.07, 6.45) is 4.56. The number of fused-ring (bicyclic) bond motifs is 1. The molecule has 2 amide bonds. The van der Waals surface area contributed by atoms with Crippen molar-refractivity contribution < 1.29 is 9.59 Å². The van der Waals surface area contributed by atoms with E-state index in [0.717, 1.165) is 18.4 Å². The summed E-state index contributed by atoms with van der Waals surface area (Å²) in [4.78, 5) is 24.4. The van der Waals surface area contributed by atoms with Gasteiger partial charge < -0.3 is 10.6 Å². The van der Waals surface area contributed by atoms with E-state index in [4.69, 9.17) is 0 Å². The van der Waals surface area contributed by atoms with E-state index in [-0.39, 0.29) is 11.8 Å². The largest absolute Gasteiger partial charge is 0.355 e. The van der Waals surface area contributed by atoms with Crippen LogP contribution in [0.15, 0.2) is 36.4 Å². The summed E-state index contributed by atoms with van der Waals surface area (Å²) in [5.41, 5.74) is 5.43. The fraction of sp³-hybridized carbons (Fsp3) is 0.300. The standard InChI is InChI=1S/C20H22N2O2/c1-13-7-8-17(19(23)21-2)12-18(13)22-20(24)16-10-9-14-5-3-4-6-15(14)11-16/h7-12H,3-6H2,1-2H3,(H,21,23)(H,22,24). The summed E-state index contributed by atoms with van der Waals surface area (Å²) in [5, 5.41) is 5.53. The van der Waals surface area contributed by atoms with Crippen molar-refractivity contribution in [2.75, 3.05) is 12.4 Å². The van der Waals surface area contributed by atoms with Crippen LogP contribution in [0.2, 0.25) is 0 Å². The minimum atomic E-state index is -0.167. The summed E-state index contributed by atoms with van der Waals surface area (Å²) >= 11 is 0. The first-order chi connectivity index (χ1) is 11.6. The average molecular weight is 322 g/mol. The zero-order chi connectivity index (χ0) is 17.1. The Bertz CT molecular complexity index is 796. The first kappa shape index (κ1) is 16.2. The van der Waals surface area contributed by atoms with Gasteiger partial charge in [0.05, 0.1) is 0 Å². The molecule has 0 heterocycles. The highest BCUT2D eigenvalue weighted by Crippen LogP contribution is 2.23. The van der Waals surface area contributed by atoms with E-state index in [2.05, 4.69) is 16.7 Å². The van der Waals surface area contributed by atoms with Crippen molar-refractivity contribution in [2.45, 2.75) is 32.6 Å². The second-order valence-electron chi connectivity index (χ2n) is 6.25. The Kier molecular flexibility index (Phi) is 4.65. The number of nitrogens with one attached hydrogen (secondary N) is 2. The summed E-state index contributed by atoms with van der Waals surface area (Å²) in [7, 11) is 1.59. The summed E-state index contributed by atoms with van der Waals surface area (Å²) < 4.78 is 0. The highest BCUT2D eigenvalue weighted by Gasteiger charge is 2.14. The van der Waals surface area contributed by atoms with Gasteiger partial charge in [0.2, 0.25) is 0 Å². The maximum atomic E-state index is 12.6. The van der Waals surface area contributed by atoms with E-state index in [1.54, 1.807) is 19.2 Å². The second-order valence-corrected chi connectivity index (χ2v) is 6.25. The molecule has 0 spiro atoms. The molecule has 1 aliphatic rings. The third-order valence-corrected chi connectivity index (χ3v) is 4.59. The van der Waals surface area contributed by atoms with Crippen LogP contribution in [0.25, 0.3) is 0 Å². The van der Waals surface area contributed by atoms with E-state index >= 15 is 0 Å². The molecule has 0 saturated carbocycles. The topological polar surface area (TPSA) is 58.2 Å². The molecular formula is C20H22N2O2. The van der Waals surface area contributed by atoms with E-state index < -0.39 is 0 Å². The lowest BCUT2D eigenvalue weighted by Crippen LogP contribution is -2.19. The highest BCUT2D eigenvalue weighted by atomic mass is 16.2. The number of hydrogen-bond donors (Lipinski definition) is 2. The molecule has 24 heavy (non-hydrogen) atoms. The van der Waals surface area contributed by atoms with Crippen LogP contribution in [0.1, 0.15) is 50.2 Å². The molecule has 0 saturated heterocycles. The number of carbonyl (C=O) groups excluding carboxylic acids is 2. The van der Waals surface area contributed by atoms with Crippen LogP contribution in [0.4, 0.5) is 5.69 Å². The third-order valence-electron chi connectivity index (χ3n) is 4.59. The maximum Gasteiger partial charge on any atom is 0.255 e. The van der Waals surface area contributed by atoms with Crippen molar-refractivity contribution in [1.29, 1.82) is 0 Å². The number of aryl methyl sites for hydroxylation is 3. The SMILES string of the molecule is CNC(=O)c1ccc(C)c(NC(=O)c2ccc3c(c2)CCCC3)c1. The van der Waals surface area contributed by atoms with Crippen LogP contribution in [0.5, 0.6) is 0 Å². The molecule has 3 rings (SSSR count). The van der Waals surface area contributed by atoms with E-state index in [1.165, 1.54) is 24.0 Å². The molecule has 2 N–H and O–H groups in total. The van der Waals surface area contributed by atoms with Crippen LogP contribution < -0.4 is 10.6 Å². The first-order valence-corrected chi connectivity index (χ1v) is 8.34. The molecule has 0 radical (unpaired) electrons. The monoisotopic (exact) mass is 322 g/mol. The molecule has 1 aliphatic carbocycles. The smallest absolute Gasteiger partial charge is 0.255 e. The minimum Gasteiger partial charge on any atom is -0.355 e. The van der Waals surface area contributed by atoms with Gasteiger partial charge in [-0.15, -0.1) is 0 Å². The van der Waals surface area contributed by atoms with Crippen LogP contribution in [0, 0.1) is 6.92 Å². The summed E-state index contributed by atoms with van der Waals surface area (Å²) in [5.74, 6) is -0.306. The number of hydrogen-bond acceptors (Lipinski definition) is 2. The molecule has 0 atom stereocenters. The van der Waals surface area contributed by atoms with Crippen LogP contribution in [-0.2, 0) is 12.8 Å². The molecule has 2 aromatic rings. The molecule has 0 aliphatic heterocycles. The third kappa shape index (κ3) is 3.32. The number of anilines is 1. The quantitative estimate of drug-likeness (QED) is 0.909. The van der Waals surface area contributed by atoms with Gasteiger partial charge in [-0.1, -0.05) is 12.1 Å². The maximum absolute atomic E-state index is 12.6. The zero-order valence-corrected chi connectivity index (χ0v) is 14.1. The summed E-state index contributed by atoms with van der Waals surface area (Å²) in [6.45, 7) is 1.91. The fourth-order valence-electron chi connectivity index (χ4n) is 3.11. The van der Waals surface area contributed by atoms with Crippen molar-refractivity contribution in [3.05, 3.63) is 64.2 Å². The predicted molar refractivity (Wildman–Crippen MR) is 95.6 cm³/mol. The lowest BCUT2D eigenvalue weighted by atomic mass is 9.90. The molecule has 4 heteroatoms. The van der Waals surface area contributed by atoms with Crippen molar-refractivity contribution >= 4 is 17.5 Å². The number of benzene rings is 2. The first-order valence-electron chi connectivity index (χ1n) is 8.34. The highest BCUT2D eigenvalue weighted by molar-refractivity contribution is 6.05. The lowest BCUT2D eigenvalue weighted by molar-refractivity contribution is 0.0961. The van der Waals surface area contributed by atoms with Gasteiger partial charge in [0.25, 0.3) is 11.8 Å². The van der Waals surface area contributed by atoms with E-state index in [1.807, 2.05) is 25.1 Å². The Morgan fingerprint density at radius 2 is 1.54 bits per heavy atom. The van der Waals surface area contributed by atoms with Crippen LogP contribution >= 0.6 is 0 Å². The van der Waals surface area contributed by atoms with Gasteiger partial charge in [0, 0.05) is 23.9 Å². The van der Waals surface area contributed by atoms with Gasteiger partial charge >= 0.3 is 0 Å². The van der Waals surface area contributed by atoms with Gasteiger partial charge in [-0.25, -0.2) is 0 Å². The van der Waals surface area contributed by atoms with Gasteiger partial charge in [-0.3, -0.25) is 9.59 Å². The molecular weight excluding hydrogens is 300 g/mol. The lowest BCUT2D eigenvalue weighted by Gasteiger charge is -2.17. The number of amides is 2. The van der Waals surface area contributed by atoms with Crippen molar-refractivity contribution in [2.24, 2.45) is 0 Å². The zero-order valence-electron chi connectivity index (χ0n) is 14.1. The minimum absolute atomic E-state index is 0.138. The Balaban J connectivity index is 1.83. The van der Waals surface area contributed by atoms with Crippen LogP contribution in [0.3, 0.4) is 0 Å². The van der Waals surface area contributed by atoms with Gasteiger partial charge in [-0.05, 0) is 73.6 Å². The predicted octanol–water partition coefficient (Wildman–Crippen LogP) is 3.49. The second kappa shape index (κ2) is 6.87. The molecule has 124 valence electrons. The average Bonchev–Trinajstić information content (AvgIpc) is 2.62. The van der Waals surface area contributed by atoms with Crippen LogP contribution in [-0.4, -0.2) is 18.9 Å². The number of rotatable bonds is 3. The molecule has 4 nitrogen and oxygen atoms in total. The van der Waals surface area contributed by atoms with Crippen molar-refractivity contribution in [3.8, 4) is 0 Å². The van der Waals surface area contributed by atoms with Gasteiger partial charge in [0.15, 0.2) is 0 Å². The van der Waals surface area contributed by atoms with Crippen molar-refractivity contribution in [3.63, 3.8) is 0 Å². The van der Waals surface area contributed by atoms with Gasteiger partial charge in [0.1, 0.15) is 0 Å². The normalized spacial score (nSPS) is 13.1. The Hall–Kier alpha value is -2.62. The van der Waals surface area contributed by atoms with Gasteiger partial charge in [-0.2, -0.15) is 0 Å². The van der Waals surface area contributed by atoms with Crippen molar-refractivity contribution in [1.82, 2.24) is 5.32 Å². The summed E-state index contributed by atoms with van der Waals surface area (Å²) in [6, 6.07) is 11.3. The molecule has 0 aromatic heterocycles. The molecule has 0 unspecified atom stereocenters. The Morgan fingerprint density at radius 1 is 0.875 bits per heavy atom. The molecule has 0 fully saturated rings. The Labute approximate surface area is 142 Å². The molecule has 2 aromatic carbocycles. The fourth-order valence-corrected chi connectivity index (χ4v) is 3.11.